The molecule has 3 rings (SSSR count). The van der Waals surface area contributed by atoms with E-state index in [1.807, 2.05) is 24.3 Å². The van der Waals surface area contributed by atoms with Gasteiger partial charge in [-0.3, -0.25) is 4.79 Å². The summed E-state index contributed by atoms with van der Waals surface area (Å²) in [6.45, 7) is 2.27. The highest BCUT2D eigenvalue weighted by Crippen LogP contribution is 2.36. The zero-order valence-electron chi connectivity index (χ0n) is 19.8. The van der Waals surface area contributed by atoms with Crippen LogP contribution in [-0.4, -0.2) is 11.1 Å². The Kier molecular flexibility index (Phi) is 10.1. The van der Waals surface area contributed by atoms with Crippen molar-refractivity contribution in [3.63, 3.8) is 0 Å². The van der Waals surface area contributed by atoms with Crippen LogP contribution in [-0.2, 0) is 4.79 Å². The molecular formula is C30H40O2. The zero-order chi connectivity index (χ0) is 22.6. The molecule has 3 aromatic carbocycles. The van der Waals surface area contributed by atoms with Gasteiger partial charge in [0.1, 0.15) is 0 Å². The highest BCUT2D eigenvalue weighted by molar-refractivity contribution is 6.05. The van der Waals surface area contributed by atoms with Crippen LogP contribution in [0.4, 0.5) is 0 Å². The van der Waals surface area contributed by atoms with Crippen LogP contribution in [0.15, 0.2) is 54.6 Å². The van der Waals surface area contributed by atoms with Crippen molar-refractivity contribution in [2.24, 2.45) is 0 Å². The Bertz CT molecular complexity index is 921. The predicted molar refractivity (Wildman–Crippen MR) is 138 cm³/mol. The number of unbranched alkanes of at least 4 members (excludes halogenated alkanes) is 11. The summed E-state index contributed by atoms with van der Waals surface area (Å²) in [6.07, 6.45) is 16.3. The van der Waals surface area contributed by atoms with Crippen molar-refractivity contribution in [3.05, 3.63) is 60.2 Å². The van der Waals surface area contributed by atoms with Gasteiger partial charge >= 0.3 is 5.97 Å². The minimum Gasteiger partial charge on any atom is -0.481 e. The molecule has 0 aliphatic carbocycles. The van der Waals surface area contributed by atoms with E-state index in [1.165, 1.54) is 64.2 Å². The first-order valence-electron chi connectivity index (χ1n) is 12.9. The Labute approximate surface area is 194 Å². The molecule has 0 amide bonds. The van der Waals surface area contributed by atoms with E-state index in [2.05, 4.69) is 37.3 Å². The molecule has 0 aromatic heterocycles. The lowest BCUT2D eigenvalue weighted by Crippen LogP contribution is -2.13. The third-order valence-electron chi connectivity index (χ3n) is 6.81. The number of hydrogen-bond acceptors (Lipinski definition) is 1. The summed E-state index contributed by atoms with van der Waals surface area (Å²) in [6, 6.07) is 18.6. The summed E-state index contributed by atoms with van der Waals surface area (Å²) in [5, 5.41) is 14.5. The van der Waals surface area contributed by atoms with Crippen LogP contribution in [0, 0.1) is 0 Å². The molecule has 3 aromatic rings. The number of carboxylic acid groups (broad SMARTS) is 1. The maximum atomic E-state index is 12.3. The second kappa shape index (κ2) is 13.3. The normalized spacial score (nSPS) is 12.4. The Hall–Kier alpha value is -2.35. The molecule has 1 unspecified atom stereocenters. The summed E-state index contributed by atoms with van der Waals surface area (Å²) in [7, 11) is 0. The monoisotopic (exact) mass is 432 g/mol. The van der Waals surface area contributed by atoms with Gasteiger partial charge in [0.15, 0.2) is 0 Å². The Morgan fingerprint density at radius 3 is 1.59 bits per heavy atom. The SMILES string of the molecule is CCCCCCCCCCCCCCC(C(=O)O)c1c2ccccc2cc2ccccc12. The topological polar surface area (TPSA) is 37.3 Å². The van der Waals surface area contributed by atoms with Gasteiger partial charge in [0.2, 0.25) is 0 Å². The molecule has 32 heavy (non-hydrogen) atoms. The molecular weight excluding hydrogens is 392 g/mol. The molecule has 1 atom stereocenters. The molecule has 0 radical (unpaired) electrons. The molecule has 1 N–H and O–H groups in total. The highest BCUT2D eigenvalue weighted by Gasteiger charge is 2.24. The van der Waals surface area contributed by atoms with Gasteiger partial charge in [0.25, 0.3) is 0 Å². The second-order valence-electron chi connectivity index (χ2n) is 9.30. The van der Waals surface area contributed by atoms with Crippen LogP contribution < -0.4 is 0 Å². The van der Waals surface area contributed by atoms with E-state index in [4.69, 9.17) is 0 Å². The molecule has 0 saturated heterocycles. The van der Waals surface area contributed by atoms with Gasteiger partial charge in [0.05, 0.1) is 5.92 Å². The van der Waals surface area contributed by atoms with Gasteiger partial charge in [-0.2, -0.15) is 0 Å². The summed E-state index contributed by atoms with van der Waals surface area (Å²) in [4.78, 5) is 12.3. The predicted octanol–water partition coefficient (Wildman–Crippen LogP) is 9.25. The molecule has 0 aliphatic rings. The van der Waals surface area contributed by atoms with Crippen LogP contribution in [0.3, 0.4) is 0 Å². The molecule has 0 fully saturated rings. The van der Waals surface area contributed by atoms with Gasteiger partial charge in [0, 0.05) is 0 Å². The largest absolute Gasteiger partial charge is 0.481 e. The number of benzene rings is 3. The summed E-state index contributed by atoms with van der Waals surface area (Å²) >= 11 is 0. The Morgan fingerprint density at radius 1 is 0.688 bits per heavy atom. The van der Waals surface area contributed by atoms with E-state index in [-0.39, 0.29) is 0 Å². The van der Waals surface area contributed by atoms with Crippen molar-refractivity contribution in [2.75, 3.05) is 0 Å². The van der Waals surface area contributed by atoms with Gasteiger partial charge in [-0.1, -0.05) is 133 Å². The number of aliphatic carboxylic acids is 1. The Morgan fingerprint density at radius 2 is 1.12 bits per heavy atom. The number of rotatable bonds is 15. The maximum absolute atomic E-state index is 12.3. The quantitative estimate of drug-likeness (QED) is 0.192. The van der Waals surface area contributed by atoms with Crippen LogP contribution >= 0.6 is 0 Å². The summed E-state index contributed by atoms with van der Waals surface area (Å²) in [5.41, 5.74) is 0.995. The van der Waals surface area contributed by atoms with E-state index < -0.39 is 11.9 Å². The maximum Gasteiger partial charge on any atom is 0.311 e. The Balaban J connectivity index is 1.52. The average Bonchev–Trinajstić information content (AvgIpc) is 2.81. The standard InChI is InChI=1S/C30H40O2/c1-2-3-4-5-6-7-8-9-10-11-12-13-22-28(30(31)32)29-26-20-16-14-18-24(26)23-25-19-15-17-21-27(25)29/h14-21,23,28H,2-13,22H2,1H3,(H,31,32). The van der Waals surface area contributed by atoms with Crippen LogP contribution in [0.2, 0.25) is 0 Å². The van der Waals surface area contributed by atoms with Crippen LogP contribution in [0.1, 0.15) is 102 Å². The first-order chi connectivity index (χ1) is 15.7. The van der Waals surface area contributed by atoms with Gasteiger partial charge in [-0.15, -0.1) is 0 Å². The zero-order valence-corrected chi connectivity index (χ0v) is 19.8. The lowest BCUT2D eigenvalue weighted by atomic mass is 9.85. The number of carboxylic acids is 1. The second-order valence-corrected chi connectivity index (χ2v) is 9.30. The fourth-order valence-electron chi connectivity index (χ4n) is 5.01. The van der Waals surface area contributed by atoms with Crippen LogP contribution in [0.25, 0.3) is 21.5 Å². The summed E-state index contributed by atoms with van der Waals surface area (Å²) in [5.74, 6) is -1.15. The molecule has 172 valence electrons. The number of carbonyl (C=O) groups is 1. The fraction of sp³-hybridized carbons (Fsp3) is 0.500. The third kappa shape index (κ3) is 6.82. The molecule has 0 bridgehead atoms. The van der Waals surface area contributed by atoms with Crippen molar-refractivity contribution >= 4 is 27.5 Å². The van der Waals surface area contributed by atoms with Gasteiger partial charge in [-0.05, 0) is 39.6 Å². The fourth-order valence-corrected chi connectivity index (χ4v) is 5.01. The van der Waals surface area contributed by atoms with Crippen molar-refractivity contribution in [2.45, 2.75) is 96.3 Å². The molecule has 2 nitrogen and oxygen atoms in total. The minimum absolute atomic E-state index is 0.450. The number of fused-ring (bicyclic) bond motifs is 2. The molecule has 0 aliphatic heterocycles. The van der Waals surface area contributed by atoms with E-state index in [0.717, 1.165) is 39.9 Å². The van der Waals surface area contributed by atoms with Crippen molar-refractivity contribution in [1.29, 1.82) is 0 Å². The average molecular weight is 433 g/mol. The molecule has 2 heteroatoms. The van der Waals surface area contributed by atoms with Crippen LogP contribution in [0.5, 0.6) is 0 Å². The molecule has 0 heterocycles. The third-order valence-corrected chi connectivity index (χ3v) is 6.81. The first-order valence-corrected chi connectivity index (χ1v) is 12.9. The number of hydrogen-bond donors (Lipinski definition) is 1. The smallest absolute Gasteiger partial charge is 0.311 e. The van der Waals surface area contributed by atoms with E-state index in [9.17, 15) is 9.90 Å². The van der Waals surface area contributed by atoms with Gasteiger partial charge < -0.3 is 5.11 Å². The van der Waals surface area contributed by atoms with E-state index >= 15 is 0 Å². The van der Waals surface area contributed by atoms with Crippen molar-refractivity contribution in [3.8, 4) is 0 Å². The van der Waals surface area contributed by atoms with E-state index in [1.54, 1.807) is 0 Å². The van der Waals surface area contributed by atoms with E-state index in [0.29, 0.717) is 6.42 Å². The summed E-state index contributed by atoms with van der Waals surface area (Å²) < 4.78 is 0. The molecule has 0 spiro atoms. The van der Waals surface area contributed by atoms with Crippen molar-refractivity contribution < 1.29 is 9.90 Å². The molecule has 0 saturated carbocycles. The first kappa shape index (κ1) is 24.3. The van der Waals surface area contributed by atoms with Crippen molar-refractivity contribution in [1.82, 2.24) is 0 Å². The lowest BCUT2D eigenvalue weighted by Gasteiger charge is -2.18. The lowest BCUT2D eigenvalue weighted by molar-refractivity contribution is -0.138. The highest BCUT2D eigenvalue weighted by atomic mass is 16.4. The minimum atomic E-state index is -0.699. The van der Waals surface area contributed by atoms with Gasteiger partial charge in [-0.25, -0.2) is 0 Å².